The van der Waals surface area contributed by atoms with E-state index in [2.05, 4.69) is 9.97 Å². The molecule has 2 aromatic heterocycles. The minimum absolute atomic E-state index is 0.00409. The summed E-state index contributed by atoms with van der Waals surface area (Å²) in [5, 5.41) is 10.6. The van der Waals surface area contributed by atoms with Crippen LogP contribution in [0.15, 0.2) is 24.7 Å². The number of rotatable bonds is 3. The van der Waals surface area contributed by atoms with E-state index >= 15 is 0 Å². The first kappa shape index (κ1) is 11.3. The summed E-state index contributed by atoms with van der Waals surface area (Å²) in [5.74, 6) is 1.57. The number of hydrogen-bond donors (Lipinski definition) is 0. The van der Waals surface area contributed by atoms with Crippen LogP contribution in [-0.4, -0.2) is 19.5 Å². The summed E-state index contributed by atoms with van der Waals surface area (Å²) < 4.78 is 1.85. The molecule has 2 aromatic rings. The van der Waals surface area contributed by atoms with Crippen molar-refractivity contribution in [2.75, 3.05) is 0 Å². The lowest BCUT2D eigenvalue weighted by Crippen LogP contribution is -2.04. The van der Waals surface area contributed by atoms with Gasteiger partial charge in [-0.2, -0.15) is 0 Å². The second-order valence-electron chi connectivity index (χ2n) is 3.66. The van der Waals surface area contributed by atoms with Gasteiger partial charge >= 0.3 is 0 Å². The maximum atomic E-state index is 10.6. The summed E-state index contributed by atoms with van der Waals surface area (Å²) in [4.78, 5) is 18.5. The Bertz CT molecular complexity index is 562. The quantitative estimate of drug-likeness (QED) is 0.599. The van der Waals surface area contributed by atoms with Gasteiger partial charge in [0.1, 0.15) is 17.8 Å². The van der Waals surface area contributed by atoms with Crippen LogP contribution >= 0.6 is 0 Å². The molecule has 0 aromatic carbocycles. The molecule has 0 N–H and O–H groups in total. The molecule has 88 valence electrons. The smallest absolute Gasteiger partial charge is 0.287 e. The number of aryl methyl sites for hydroxylation is 2. The number of pyridine rings is 1. The van der Waals surface area contributed by atoms with Crippen LogP contribution in [0.3, 0.4) is 0 Å². The van der Waals surface area contributed by atoms with Crippen molar-refractivity contribution in [3.8, 4) is 5.82 Å². The molecule has 17 heavy (non-hydrogen) atoms. The van der Waals surface area contributed by atoms with Gasteiger partial charge in [0.2, 0.25) is 0 Å². The third-order valence-electron chi connectivity index (χ3n) is 2.51. The highest BCUT2D eigenvalue weighted by Gasteiger charge is 2.12. The summed E-state index contributed by atoms with van der Waals surface area (Å²) in [7, 11) is 0. The zero-order chi connectivity index (χ0) is 12.4. The standard InChI is InChI=1S/C11H12N4O2/c1-3-10-12-4-5-14(10)11-8(2)6-9(7-13-11)15(16)17/h4-7H,3H2,1-2H3. The highest BCUT2D eigenvalue weighted by Crippen LogP contribution is 2.18. The monoisotopic (exact) mass is 232 g/mol. The zero-order valence-corrected chi connectivity index (χ0v) is 9.62. The van der Waals surface area contributed by atoms with Crippen LogP contribution in [0.4, 0.5) is 5.69 Å². The molecule has 2 heterocycles. The third-order valence-corrected chi connectivity index (χ3v) is 2.51. The van der Waals surface area contributed by atoms with Gasteiger partial charge in [-0.25, -0.2) is 9.97 Å². The Kier molecular flexibility index (Phi) is 2.86. The van der Waals surface area contributed by atoms with Gasteiger partial charge in [-0.05, 0) is 12.5 Å². The van der Waals surface area contributed by atoms with Gasteiger partial charge in [-0.3, -0.25) is 14.7 Å². The van der Waals surface area contributed by atoms with E-state index in [1.54, 1.807) is 19.3 Å². The predicted octanol–water partition coefficient (Wildman–Crippen LogP) is 2.05. The summed E-state index contributed by atoms with van der Waals surface area (Å²) in [5.41, 5.74) is 0.760. The van der Waals surface area contributed by atoms with Gasteiger partial charge in [-0.15, -0.1) is 0 Å². The van der Waals surface area contributed by atoms with Crippen LogP contribution in [0.25, 0.3) is 5.82 Å². The summed E-state index contributed by atoms with van der Waals surface area (Å²) >= 11 is 0. The third kappa shape index (κ3) is 2.01. The maximum Gasteiger partial charge on any atom is 0.287 e. The van der Waals surface area contributed by atoms with Crippen LogP contribution in [0.5, 0.6) is 0 Å². The van der Waals surface area contributed by atoms with Gasteiger partial charge in [0.25, 0.3) is 5.69 Å². The average molecular weight is 232 g/mol. The maximum absolute atomic E-state index is 10.6. The molecule has 0 aliphatic heterocycles. The topological polar surface area (TPSA) is 73.8 Å². The number of aromatic nitrogens is 3. The molecule has 0 amide bonds. The van der Waals surface area contributed by atoms with E-state index in [9.17, 15) is 10.1 Å². The highest BCUT2D eigenvalue weighted by atomic mass is 16.6. The van der Waals surface area contributed by atoms with Crippen molar-refractivity contribution in [3.63, 3.8) is 0 Å². The number of imidazole rings is 1. The Morgan fingerprint density at radius 1 is 1.47 bits per heavy atom. The summed E-state index contributed by atoms with van der Waals surface area (Å²) in [6, 6.07) is 1.52. The van der Waals surface area contributed by atoms with E-state index in [-0.39, 0.29) is 5.69 Å². The van der Waals surface area contributed by atoms with Crippen LogP contribution in [-0.2, 0) is 6.42 Å². The fourth-order valence-corrected chi connectivity index (χ4v) is 1.69. The molecule has 0 unspecified atom stereocenters. The molecule has 0 radical (unpaired) electrons. The van der Waals surface area contributed by atoms with Crippen molar-refractivity contribution in [2.24, 2.45) is 0 Å². The SMILES string of the molecule is CCc1nccn1-c1ncc([N+](=O)[O-])cc1C. The molecular weight excluding hydrogens is 220 g/mol. The van der Waals surface area contributed by atoms with Crippen molar-refractivity contribution in [3.05, 3.63) is 46.2 Å². The first-order chi connectivity index (χ1) is 8.13. The highest BCUT2D eigenvalue weighted by molar-refractivity contribution is 5.41. The molecule has 2 rings (SSSR count). The molecule has 0 aliphatic rings. The van der Waals surface area contributed by atoms with Gasteiger partial charge < -0.3 is 0 Å². The van der Waals surface area contributed by atoms with Crippen LogP contribution in [0, 0.1) is 17.0 Å². The van der Waals surface area contributed by atoms with E-state index < -0.39 is 4.92 Å². The fraction of sp³-hybridized carbons (Fsp3) is 0.273. The lowest BCUT2D eigenvalue weighted by molar-refractivity contribution is -0.385. The normalized spacial score (nSPS) is 10.5. The number of nitro groups is 1. The Balaban J connectivity index is 2.50. The molecule has 0 aliphatic carbocycles. The average Bonchev–Trinajstić information content (AvgIpc) is 2.76. The lowest BCUT2D eigenvalue weighted by Gasteiger charge is -2.07. The minimum Gasteiger partial charge on any atom is -0.288 e. The van der Waals surface area contributed by atoms with Crippen molar-refractivity contribution in [1.82, 2.24) is 14.5 Å². The minimum atomic E-state index is -0.446. The van der Waals surface area contributed by atoms with Gasteiger partial charge in [0, 0.05) is 24.9 Å². The van der Waals surface area contributed by atoms with Gasteiger partial charge in [-0.1, -0.05) is 6.92 Å². The van der Waals surface area contributed by atoms with Crippen LogP contribution in [0.1, 0.15) is 18.3 Å². The largest absolute Gasteiger partial charge is 0.288 e. The van der Waals surface area contributed by atoms with Crippen molar-refractivity contribution >= 4 is 5.69 Å². The Hall–Kier alpha value is -2.24. The Labute approximate surface area is 98.1 Å². The first-order valence-corrected chi connectivity index (χ1v) is 5.27. The molecule has 0 saturated carbocycles. The van der Waals surface area contributed by atoms with E-state index in [1.165, 1.54) is 12.3 Å². The van der Waals surface area contributed by atoms with Gasteiger partial charge in [0.05, 0.1) is 4.92 Å². The van der Waals surface area contributed by atoms with E-state index in [4.69, 9.17) is 0 Å². The molecular formula is C11H12N4O2. The fourth-order valence-electron chi connectivity index (χ4n) is 1.69. The Morgan fingerprint density at radius 3 is 2.82 bits per heavy atom. The summed E-state index contributed by atoms with van der Waals surface area (Å²) in [6.45, 7) is 3.80. The number of hydrogen-bond acceptors (Lipinski definition) is 4. The van der Waals surface area contributed by atoms with E-state index in [0.29, 0.717) is 5.82 Å². The molecule has 6 nitrogen and oxygen atoms in total. The van der Waals surface area contributed by atoms with Crippen LogP contribution in [0.2, 0.25) is 0 Å². The second kappa shape index (κ2) is 4.32. The molecule has 0 spiro atoms. The molecule has 0 atom stereocenters. The van der Waals surface area contributed by atoms with Crippen molar-refractivity contribution in [2.45, 2.75) is 20.3 Å². The van der Waals surface area contributed by atoms with E-state index in [1.807, 2.05) is 11.5 Å². The number of nitrogens with zero attached hydrogens (tertiary/aromatic N) is 4. The van der Waals surface area contributed by atoms with Crippen molar-refractivity contribution < 1.29 is 4.92 Å². The molecule has 0 fully saturated rings. The zero-order valence-electron chi connectivity index (χ0n) is 9.62. The predicted molar refractivity (Wildman–Crippen MR) is 62.1 cm³/mol. The summed E-state index contributed by atoms with van der Waals surface area (Å²) in [6.07, 6.45) is 5.55. The molecule has 0 bridgehead atoms. The molecule has 6 heteroatoms. The van der Waals surface area contributed by atoms with E-state index in [0.717, 1.165) is 17.8 Å². The Morgan fingerprint density at radius 2 is 2.24 bits per heavy atom. The van der Waals surface area contributed by atoms with Gasteiger partial charge in [0.15, 0.2) is 0 Å². The lowest BCUT2D eigenvalue weighted by atomic mass is 10.2. The second-order valence-corrected chi connectivity index (χ2v) is 3.66. The van der Waals surface area contributed by atoms with Crippen molar-refractivity contribution in [1.29, 1.82) is 0 Å². The first-order valence-electron chi connectivity index (χ1n) is 5.27. The van der Waals surface area contributed by atoms with Crippen LogP contribution < -0.4 is 0 Å². The molecule has 0 saturated heterocycles.